The number of carbonyl (C=O) groups is 2. The van der Waals surface area contributed by atoms with Gasteiger partial charge < -0.3 is 19.3 Å². The Labute approximate surface area is 219 Å². The number of aromatic nitrogens is 2. The van der Waals surface area contributed by atoms with Crippen LogP contribution in [0.5, 0.6) is 5.75 Å². The molecule has 2 fully saturated rings. The van der Waals surface area contributed by atoms with Gasteiger partial charge in [0.15, 0.2) is 0 Å². The molecule has 1 atom stereocenters. The summed E-state index contributed by atoms with van der Waals surface area (Å²) < 4.78 is 14.3. The molecule has 0 unspecified atom stereocenters. The lowest BCUT2D eigenvalue weighted by Gasteiger charge is -2.42. The predicted molar refractivity (Wildman–Crippen MR) is 140 cm³/mol. The van der Waals surface area contributed by atoms with E-state index in [4.69, 9.17) is 9.47 Å². The molecule has 5 rings (SSSR count). The molecule has 1 aromatic heterocycles. The molecule has 0 radical (unpaired) electrons. The first-order valence-corrected chi connectivity index (χ1v) is 14.0. The standard InChI is InChI=1S/C29H40N4O4/c34-27(10-5-15-32-16-6-14-30-32)31-18-12-29(13-19-31)11-1-2-20-36-22-25-8-4-17-33(25)28(35)24-7-3-9-26(21-24)37-23-29/h3,6-7,9,14,16,21,25H,1-2,4-5,8,10-13,15,17-20,22-23H2/t25-/m0/s1. The lowest BCUT2D eigenvalue weighted by molar-refractivity contribution is -0.134. The maximum atomic E-state index is 13.2. The predicted octanol–water partition coefficient (Wildman–Crippen LogP) is 4.16. The van der Waals surface area contributed by atoms with Crippen molar-refractivity contribution >= 4 is 11.8 Å². The second-order valence-electron chi connectivity index (χ2n) is 10.9. The fourth-order valence-electron chi connectivity index (χ4n) is 6.00. The summed E-state index contributed by atoms with van der Waals surface area (Å²) in [6.07, 6.45) is 12.1. The van der Waals surface area contributed by atoms with Crippen molar-refractivity contribution in [1.29, 1.82) is 0 Å². The summed E-state index contributed by atoms with van der Waals surface area (Å²) in [5.41, 5.74) is 0.718. The topological polar surface area (TPSA) is 76.9 Å². The minimum Gasteiger partial charge on any atom is -0.493 e. The van der Waals surface area contributed by atoms with Crippen LogP contribution in [-0.4, -0.2) is 76.9 Å². The Kier molecular flexibility index (Phi) is 8.44. The highest BCUT2D eigenvalue weighted by molar-refractivity contribution is 5.95. The molecular weight excluding hydrogens is 468 g/mol. The first-order chi connectivity index (χ1) is 18.1. The monoisotopic (exact) mass is 508 g/mol. The largest absolute Gasteiger partial charge is 0.493 e. The number of piperidine rings is 1. The molecule has 2 aromatic rings. The van der Waals surface area contributed by atoms with Crippen LogP contribution in [0.15, 0.2) is 42.7 Å². The Hall–Kier alpha value is -2.87. The van der Waals surface area contributed by atoms with Crippen LogP contribution in [0.3, 0.4) is 0 Å². The molecule has 8 nitrogen and oxygen atoms in total. The minimum absolute atomic E-state index is 0.0338. The molecule has 2 bridgehead atoms. The van der Waals surface area contributed by atoms with Crippen molar-refractivity contribution in [2.24, 2.45) is 5.41 Å². The summed E-state index contributed by atoms with van der Waals surface area (Å²) in [7, 11) is 0. The van der Waals surface area contributed by atoms with Crippen LogP contribution in [0.25, 0.3) is 0 Å². The number of hydrogen-bond donors (Lipinski definition) is 0. The van der Waals surface area contributed by atoms with E-state index in [1.807, 2.05) is 51.0 Å². The molecule has 1 spiro atoms. The van der Waals surface area contributed by atoms with Gasteiger partial charge in [0, 0.05) is 62.6 Å². The normalized spacial score (nSPS) is 22.7. The SMILES string of the molecule is O=C(CCCn1cccn1)N1CCC2(CCCCOC[C@@H]3CCCN3C(=O)c3cccc(c3)OC2)CC1. The van der Waals surface area contributed by atoms with Gasteiger partial charge in [-0.3, -0.25) is 14.3 Å². The van der Waals surface area contributed by atoms with Crippen molar-refractivity contribution in [2.45, 2.75) is 70.4 Å². The van der Waals surface area contributed by atoms with E-state index in [9.17, 15) is 9.59 Å². The van der Waals surface area contributed by atoms with Crippen molar-refractivity contribution < 1.29 is 19.1 Å². The number of hydrogen-bond acceptors (Lipinski definition) is 5. The van der Waals surface area contributed by atoms with Gasteiger partial charge in [0.2, 0.25) is 5.91 Å². The Morgan fingerprint density at radius 1 is 1.08 bits per heavy atom. The third-order valence-electron chi connectivity index (χ3n) is 8.33. The first-order valence-electron chi connectivity index (χ1n) is 14.0. The summed E-state index contributed by atoms with van der Waals surface area (Å²) >= 11 is 0. The van der Waals surface area contributed by atoms with Gasteiger partial charge >= 0.3 is 0 Å². The molecule has 3 aliphatic heterocycles. The third-order valence-corrected chi connectivity index (χ3v) is 8.33. The van der Waals surface area contributed by atoms with Crippen molar-refractivity contribution in [3.05, 3.63) is 48.3 Å². The zero-order chi connectivity index (χ0) is 25.5. The molecule has 0 aliphatic carbocycles. The van der Waals surface area contributed by atoms with E-state index in [0.717, 1.165) is 89.9 Å². The fraction of sp³-hybridized carbons (Fsp3) is 0.621. The molecule has 0 saturated carbocycles. The Morgan fingerprint density at radius 2 is 1.97 bits per heavy atom. The number of likely N-dealkylation sites (tertiary alicyclic amines) is 1. The van der Waals surface area contributed by atoms with Crippen LogP contribution in [0.2, 0.25) is 0 Å². The number of fused-ring (bicyclic) bond motifs is 3. The highest BCUT2D eigenvalue weighted by atomic mass is 16.5. The summed E-state index contributed by atoms with van der Waals surface area (Å²) in [5, 5.41) is 4.22. The Balaban J connectivity index is 1.20. The molecular formula is C29H40N4O4. The lowest BCUT2D eigenvalue weighted by atomic mass is 9.75. The number of carbonyl (C=O) groups excluding carboxylic acids is 2. The van der Waals surface area contributed by atoms with E-state index in [-0.39, 0.29) is 23.3 Å². The number of nitrogens with zero attached hydrogens (tertiary/aromatic N) is 4. The van der Waals surface area contributed by atoms with E-state index in [1.54, 1.807) is 6.20 Å². The van der Waals surface area contributed by atoms with Crippen molar-refractivity contribution in [2.75, 3.05) is 39.5 Å². The van der Waals surface area contributed by atoms with Gasteiger partial charge in [0.05, 0.1) is 19.3 Å². The fourth-order valence-corrected chi connectivity index (χ4v) is 6.00. The Bertz CT molecular complexity index is 1030. The number of aryl methyl sites for hydroxylation is 1. The average Bonchev–Trinajstić information content (AvgIpc) is 3.62. The highest BCUT2D eigenvalue weighted by Gasteiger charge is 2.36. The van der Waals surface area contributed by atoms with Gasteiger partial charge in [0.25, 0.3) is 5.91 Å². The van der Waals surface area contributed by atoms with Crippen LogP contribution in [0, 0.1) is 5.41 Å². The smallest absolute Gasteiger partial charge is 0.254 e. The number of benzene rings is 1. The maximum Gasteiger partial charge on any atom is 0.254 e. The van der Waals surface area contributed by atoms with Gasteiger partial charge in [0.1, 0.15) is 5.75 Å². The van der Waals surface area contributed by atoms with Crippen LogP contribution in [0.1, 0.15) is 68.1 Å². The molecule has 37 heavy (non-hydrogen) atoms. The highest BCUT2D eigenvalue weighted by Crippen LogP contribution is 2.38. The summed E-state index contributed by atoms with van der Waals surface area (Å²) in [4.78, 5) is 30.1. The molecule has 2 amide bonds. The zero-order valence-electron chi connectivity index (χ0n) is 21.9. The van der Waals surface area contributed by atoms with E-state index in [0.29, 0.717) is 25.2 Å². The second-order valence-corrected chi connectivity index (χ2v) is 10.9. The molecule has 0 N–H and O–H groups in total. The van der Waals surface area contributed by atoms with Crippen molar-refractivity contribution in [3.8, 4) is 5.75 Å². The van der Waals surface area contributed by atoms with Crippen LogP contribution in [0.4, 0.5) is 0 Å². The first kappa shape index (κ1) is 25.8. The molecule has 1 aromatic carbocycles. The van der Waals surface area contributed by atoms with Gasteiger partial charge in [-0.05, 0) is 69.2 Å². The van der Waals surface area contributed by atoms with E-state index >= 15 is 0 Å². The van der Waals surface area contributed by atoms with Crippen LogP contribution < -0.4 is 4.74 Å². The minimum atomic E-state index is 0.0338. The number of ether oxygens (including phenoxy) is 2. The van der Waals surface area contributed by atoms with Crippen molar-refractivity contribution in [3.63, 3.8) is 0 Å². The molecule has 4 heterocycles. The van der Waals surface area contributed by atoms with Gasteiger partial charge in [-0.25, -0.2) is 0 Å². The maximum absolute atomic E-state index is 13.2. The Morgan fingerprint density at radius 3 is 2.81 bits per heavy atom. The average molecular weight is 509 g/mol. The summed E-state index contributed by atoms with van der Waals surface area (Å²) in [6, 6.07) is 9.71. The van der Waals surface area contributed by atoms with Gasteiger partial charge in [-0.15, -0.1) is 0 Å². The van der Waals surface area contributed by atoms with Gasteiger partial charge in [-0.2, -0.15) is 5.10 Å². The molecule has 3 aliphatic rings. The number of amides is 2. The number of rotatable bonds is 4. The third kappa shape index (κ3) is 6.53. The molecule has 200 valence electrons. The van der Waals surface area contributed by atoms with E-state index in [2.05, 4.69) is 5.10 Å². The van der Waals surface area contributed by atoms with Crippen LogP contribution in [-0.2, 0) is 16.1 Å². The van der Waals surface area contributed by atoms with E-state index < -0.39 is 0 Å². The van der Waals surface area contributed by atoms with Crippen molar-refractivity contribution in [1.82, 2.24) is 19.6 Å². The van der Waals surface area contributed by atoms with Gasteiger partial charge in [-0.1, -0.05) is 12.5 Å². The second kappa shape index (κ2) is 12.1. The van der Waals surface area contributed by atoms with E-state index in [1.165, 1.54) is 0 Å². The molecule has 2 saturated heterocycles. The van der Waals surface area contributed by atoms with Crippen LogP contribution >= 0.6 is 0 Å². The zero-order valence-corrected chi connectivity index (χ0v) is 21.9. The quantitative estimate of drug-likeness (QED) is 0.620. The molecule has 8 heteroatoms. The summed E-state index contributed by atoms with van der Waals surface area (Å²) in [5.74, 6) is 1.06. The summed E-state index contributed by atoms with van der Waals surface area (Å²) in [6.45, 7) is 5.06. The lowest BCUT2D eigenvalue weighted by Crippen LogP contribution is -2.45.